The van der Waals surface area contributed by atoms with Crippen LogP contribution in [0.15, 0.2) is 25.0 Å². The number of nitrogens with one attached hydrogen (secondary N) is 5. The van der Waals surface area contributed by atoms with Crippen molar-refractivity contribution in [1.82, 2.24) is 35.9 Å². The van der Waals surface area contributed by atoms with Crippen LogP contribution in [0.4, 0.5) is 0 Å². The van der Waals surface area contributed by atoms with Crippen molar-refractivity contribution in [3.05, 3.63) is 36.4 Å². The van der Waals surface area contributed by atoms with E-state index in [1.54, 1.807) is 0 Å². The third-order valence-corrected chi connectivity index (χ3v) is 4.95. The van der Waals surface area contributed by atoms with Crippen LogP contribution in [0.2, 0.25) is 0 Å². The fourth-order valence-corrected chi connectivity index (χ4v) is 3.13. The topological polar surface area (TPSA) is 283 Å². The van der Waals surface area contributed by atoms with Crippen LogP contribution in [0.1, 0.15) is 24.2 Å². The molecule has 0 radical (unpaired) electrons. The first kappa shape index (κ1) is 28.4. The number of hydrogen-bond donors (Lipinski definition) is 9. The van der Waals surface area contributed by atoms with Crippen molar-refractivity contribution in [2.75, 3.05) is 0 Å². The number of hydrogen-bond acceptors (Lipinski definition) is 9. The molecule has 0 aliphatic rings. The lowest BCUT2D eigenvalue weighted by molar-refractivity contribution is -0.148. The van der Waals surface area contributed by atoms with Crippen LogP contribution < -0.4 is 21.7 Å². The maximum atomic E-state index is 13.0. The molecule has 2 aromatic rings. The number of carbonyl (C=O) groups is 6. The molecule has 17 heteroatoms. The normalized spacial score (nSPS) is 14.0. The molecule has 37 heavy (non-hydrogen) atoms. The SMILES string of the molecule is NC(Cc1cnc[nH]1)C(=O)NC(Cc1cnc[nH]1)C(=O)NC(CC(=O)O)C(=O)NC(CC(=O)O)C(=O)O. The molecule has 2 rings (SSSR count). The van der Waals surface area contributed by atoms with E-state index >= 15 is 0 Å². The fourth-order valence-electron chi connectivity index (χ4n) is 3.13. The number of carbonyl (C=O) groups excluding carboxylic acids is 3. The smallest absolute Gasteiger partial charge is 0.326 e. The quantitative estimate of drug-likeness (QED) is 0.111. The highest BCUT2D eigenvalue weighted by Gasteiger charge is 2.32. The molecule has 4 atom stereocenters. The Morgan fingerprint density at radius 2 is 1.19 bits per heavy atom. The van der Waals surface area contributed by atoms with Gasteiger partial charge in [0, 0.05) is 36.6 Å². The minimum absolute atomic E-state index is 0.0639. The third-order valence-electron chi connectivity index (χ3n) is 4.95. The second-order valence-corrected chi connectivity index (χ2v) is 7.89. The van der Waals surface area contributed by atoms with E-state index in [0.29, 0.717) is 11.4 Å². The van der Waals surface area contributed by atoms with Gasteiger partial charge in [0.2, 0.25) is 17.7 Å². The number of carboxylic acid groups (broad SMARTS) is 3. The van der Waals surface area contributed by atoms with Crippen LogP contribution in [-0.2, 0) is 41.6 Å². The lowest BCUT2D eigenvalue weighted by Gasteiger charge is -2.24. The Labute approximate surface area is 208 Å². The molecule has 0 saturated carbocycles. The summed E-state index contributed by atoms with van der Waals surface area (Å²) in [7, 11) is 0. The van der Waals surface area contributed by atoms with Crippen LogP contribution in [0.3, 0.4) is 0 Å². The van der Waals surface area contributed by atoms with Crippen molar-refractivity contribution in [3.8, 4) is 0 Å². The van der Waals surface area contributed by atoms with Gasteiger partial charge in [-0.3, -0.25) is 24.0 Å². The molecule has 17 nitrogen and oxygen atoms in total. The number of nitrogens with zero attached hydrogens (tertiary/aromatic N) is 2. The van der Waals surface area contributed by atoms with Crippen LogP contribution in [0, 0.1) is 0 Å². The van der Waals surface area contributed by atoms with E-state index in [1.807, 2.05) is 5.32 Å². The minimum atomic E-state index is -1.88. The zero-order valence-corrected chi connectivity index (χ0v) is 19.2. The molecule has 2 heterocycles. The minimum Gasteiger partial charge on any atom is -0.481 e. The van der Waals surface area contributed by atoms with E-state index in [1.165, 1.54) is 25.0 Å². The molecular formula is C20H26N8O9. The first-order valence-electron chi connectivity index (χ1n) is 10.7. The van der Waals surface area contributed by atoms with Crippen molar-refractivity contribution < 1.29 is 44.1 Å². The highest BCUT2D eigenvalue weighted by atomic mass is 16.4. The molecule has 2 aromatic heterocycles. The summed E-state index contributed by atoms with van der Waals surface area (Å²) < 4.78 is 0. The van der Waals surface area contributed by atoms with Gasteiger partial charge in [-0.1, -0.05) is 0 Å². The number of aliphatic carboxylic acids is 3. The molecule has 0 aliphatic carbocycles. The van der Waals surface area contributed by atoms with E-state index in [9.17, 15) is 33.9 Å². The molecule has 0 saturated heterocycles. The van der Waals surface area contributed by atoms with Crippen LogP contribution in [0.5, 0.6) is 0 Å². The molecule has 200 valence electrons. The zero-order chi connectivity index (χ0) is 27.5. The highest BCUT2D eigenvalue weighted by Crippen LogP contribution is 2.04. The van der Waals surface area contributed by atoms with Gasteiger partial charge in [-0.25, -0.2) is 14.8 Å². The first-order valence-corrected chi connectivity index (χ1v) is 10.7. The number of carboxylic acids is 3. The molecule has 0 fully saturated rings. The highest BCUT2D eigenvalue weighted by molar-refractivity contribution is 5.96. The first-order chi connectivity index (χ1) is 17.5. The summed E-state index contributed by atoms with van der Waals surface area (Å²) in [4.78, 5) is 84.9. The van der Waals surface area contributed by atoms with E-state index in [-0.39, 0.29) is 12.8 Å². The maximum Gasteiger partial charge on any atom is 0.326 e. The fraction of sp³-hybridized carbons (Fsp3) is 0.400. The Bertz CT molecular complexity index is 1100. The van der Waals surface area contributed by atoms with Crippen molar-refractivity contribution >= 4 is 35.6 Å². The summed E-state index contributed by atoms with van der Waals surface area (Å²) in [6.45, 7) is 0. The van der Waals surface area contributed by atoms with Gasteiger partial charge in [0.05, 0.1) is 31.5 Å². The predicted molar refractivity (Wildman–Crippen MR) is 120 cm³/mol. The second-order valence-electron chi connectivity index (χ2n) is 7.89. The van der Waals surface area contributed by atoms with Crippen molar-refractivity contribution in [3.63, 3.8) is 0 Å². The van der Waals surface area contributed by atoms with E-state index in [2.05, 4.69) is 30.6 Å². The van der Waals surface area contributed by atoms with E-state index in [0.717, 1.165) is 0 Å². The van der Waals surface area contributed by atoms with E-state index < -0.39 is 72.6 Å². The van der Waals surface area contributed by atoms with Gasteiger partial charge in [0.1, 0.15) is 18.1 Å². The van der Waals surface area contributed by atoms with Gasteiger partial charge >= 0.3 is 17.9 Å². The van der Waals surface area contributed by atoms with Crippen LogP contribution >= 0.6 is 0 Å². The molecule has 3 amide bonds. The predicted octanol–water partition coefficient (Wildman–Crippen LogP) is -3.27. The third kappa shape index (κ3) is 9.40. The van der Waals surface area contributed by atoms with Crippen LogP contribution in [0.25, 0.3) is 0 Å². The number of imidazole rings is 2. The van der Waals surface area contributed by atoms with Crippen LogP contribution in [-0.4, -0.2) is 95.1 Å². The summed E-state index contributed by atoms with van der Waals surface area (Å²) in [6.07, 6.45) is 3.54. The number of aromatic amines is 2. The molecule has 0 aliphatic heterocycles. The average Bonchev–Trinajstić information content (AvgIpc) is 3.51. The summed E-state index contributed by atoms with van der Waals surface area (Å²) in [5.41, 5.74) is 6.88. The molecular weight excluding hydrogens is 496 g/mol. The number of nitrogens with two attached hydrogens (primary N) is 1. The molecule has 10 N–H and O–H groups in total. The number of aromatic nitrogens is 4. The van der Waals surface area contributed by atoms with Gasteiger partial charge < -0.3 is 47.0 Å². The van der Waals surface area contributed by atoms with Gasteiger partial charge in [-0.05, 0) is 0 Å². The van der Waals surface area contributed by atoms with Gasteiger partial charge in [0.15, 0.2) is 0 Å². The van der Waals surface area contributed by atoms with Crippen molar-refractivity contribution in [2.45, 2.75) is 49.9 Å². The number of rotatable bonds is 15. The van der Waals surface area contributed by atoms with Crippen molar-refractivity contribution in [1.29, 1.82) is 0 Å². The van der Waals surface area contributed by atoms with Gasteiger partial charge in [-0.15, -0.1) is 0 Å². The molecule has 0 bridgehead atoms. The Balaban J connectivity index is 2.17. The standard InChI is InChI=1S/C20H26N8O9/c21-11(1-9-5-22-7-24-9)17(33)26-12(2-10-6-23-8-25-10)18(34)27-13(3-15(29)30)19(35)28-14(20(36)37)4-16(31)32/h5-8,11-14H,1-4,21H2,(H,22,24)(H,23,25)(H,26,33)(H,27,34)(H,28,35)(H,29,30)(H,31,32)(H,36,37). The maximum absolute atomic E-state index is 13.0. The Hall–Kier alpha value is -4.80. The Morgan fingerprint density at radius 3 is 1.68 bits per heavy atom. The summed E-state index contributed by atoms with van der Waals surface area (Å²) in [5, 5.41) is 33.7. The van der Waals surface area contributed by atoms with E-state index in [4.69, 9.17) is 15.9 Å². The summed E-state index contributed by atoms with van der Waals surface area (Å²) in [5.74, 6) is -7.68. The summed E-state index contributed by atoms with van der Waals surface area (Å²) in [6, 6.07) is -6.11. The van der Waals surface area contributed by atoms with Gasteiger partial charge in [0.25, 0.3) is 0 Å². The Kier molecular flexibility index (Phi) is 10.2. The monoisotopic (exact) mass is 522 g/mol. The lowest BCUT2D eigenvalue weighted by atomic mass is 10.1. The number of H-pyrrole nitrogens is 2. The molecule has 4 unspecified atom stereocenters. The zero-order valence-electron chi connectivity index (χ0n) is 19.2. The van der Waals surface area contributed by atoms with Gasteiger partial charge in [-0.2, -0.15) is 0 Å². The van der Waals surface area contributed by atoms with Crippen molar-refractivity contribution in [2.24, 2.45) is 5.73 Å². The largest absolute Gasteiger partial charge is 0.481 e. The second kappa shape index (κ2) is 13.3. The summed E-state index contributed by atoms with van der Waals surface area (Å²) >= 11 is 0. The average molecular weight is 522 g/mol. The number of amides is 3. The Morgan fingerprint density at radius 1 is 0.730 bits per heavy atom. The molecule has 0 aromatic carbocycles. The molecule has 0 spiro atoms. The lowest BCUT2D eigenvalue weighted by Crippen LogP contribution is -2.58.